The van der Waals surface area contributed by atoms with Crippen LogP contribution < -0.4 is 40.0 Å². The molecule has 0 aromatic heterocycles. The van der Waals surface area contributed by atoms with Gasteiger partial charge in [-0.3, -0.25) is 0 Å². The average Bonchev–Trinajstić information content (AvgIpc) is 2.84. The Kier molecular flexibility index (Phi) is 15.9. The molecule has 1 N–H and O–H groups in total. The molecule has 3 fully saturated rings. The van der Waals surface area contributed by atoms with E-state index in [9.17, 15) is 9.90 Å². The van der Waals surface area contributed by atoms with Crippen LogP contribution in [0.3, 0.4) is 0 Å². The second kappa shape index (κ2) is 17.4. The molecule has 3 saturated carbocycles. The molecular formula is C30H42NNaO2S. The van der Waals surface area contributed by atoms with Crippen molar-refractivity contribution in [3.05, 3.63) is 78.9 Å². The predicted molar refractivity (Wildman–Crippen MR) is 145 cm³/mol. The van der Waals surface area contributed by atoms with Crippen molar-refractivity contribution in [1.82, 2.24) is 5.32 Å². The Bertz CT molecular complexity index is 845. The van der Waals surface area contributed by atoms with E-state index in [1.54, 1.807) is 0 Å². The van der Waals surface area contributed by atoms with Gasteiger partial charge in [-0.15, -0.1) is 11.8 Å². The summed E-state index contributed by atoms with van der Waals surface area (Å²) in [6.45, 7) is 11.7. The standard InChI is InChI=1S/C23H31NS.C7H12O2.Na/c1-4-9-18(10-8-15-25-20-11-6-5-7-12-20)17-24-22-14-13-19-16-21(22)23(19,2)3;1-2-3-4-5-6-7(8)9;/h4-12,19,21-22,24H,1,13-17H2,2-3H3;2-3H,4-6H2,1H3,(H,8,9);/q;;+1/p-1/b10-8-,18-9+;3-2-;. The number of carboxylic acids is 1. The number of unbranched alkanes of at least 4 members (excludes halogenated alkanes) is 1. The van der Waals surface area contributed by atoms with Crippen LogP contribution >= 0.6 is 11.8 Å². The van der Waals surface area contributed by atoms with Crippen LogP contribution in [0.4, 0.5) is 0 Å². The Balaban J connectivity index is 0.000000526. The fourth-order valence-electron chi connectivity index (χ4n) is 5.02. The van der Waals surface area contributed by atoms with E-state index in [-0.39, 0.29) is 36.0 Å². The number of carbonyl (C=O) groups excluding carboxylic acids is 1. The van der Waals surface area contributed by atoms with E-state index in [1.165, 1.54) is 29.7 Å². The number of nitrogens with one attached hydrogen (secondary N) is 1. The molecule has 3 atom stereocenters. The van der Waals surface area contributed by atoms with Crippen LogP contribution in [0.2, 0.25) is 0 Å². The van der Waals surface area contributed by atoms with Crippen LogP contribution in [0.5, 0.6) is 0 Å². The van der Waals surface area contributed by atoms with E-state index in [0.717, 1.165) is 30.6 Å². The predicted octanol–water partition coefficient (Wildman–Crippen LogP) is 3.35. The summed E-state index contributed by atoms with van der Waals surface area (Å²) >= 11 is 1.87. The zero-order valence-corrected chi connectivity index (χ0v) is 25.0. The van der Waals surface area contributed by atoms with Gasteiger partial charge in [0.15, 0.2) is 0 Å². The van der Waals surface area contributed by atoms with Crippen molar-refractivity contribution < 1.29 is 39.5 Å². The van der Waals surface area contributed by atoms with Crippen molar-refractivity contribution in [1.29, 1.82) is 0 Å². The first-order valence-electron chi connectivity index (χ1n) is 12.6. The van der Waals surface area contributed by atoms with E-state index in [2.05, 4.69) is 74.3 Å². The smallest absolute Gasteiger partial charge is 0.550 e. The number of rotatable bonds is 12. The molecule has 2 bridgehead atoms. The number of benzene rings is 1. The molecular weight excluding hydrogens is 461 g/mol. The van der Waals surface area contributed by atoms with Crippen molar-refractivity contribution in [2.24, 2.45) is 17.3 Å². The van der Waals surface area contributed by atoms with Crippen LogP contribution in [-0.4, -0.2) is 24.3 Å². The third-order valence-electron chi connectivity index (χ3n) is 7.17. The van der Waals surface area contributed by atoms with Crippen LogP contribution in [0.25, 0.3) is 0 Å². The minimum atomic E-state index is -0.959. The fraction of sp³-hybridized carbons (Fsp3) is 0.500. The zero-order valence-electron chi connectivity index (χ0n) is 22.2. The second-order valence-corrected chi connectivity index (χ2v) is 10.9. The number of fused-ring (bicyclic) bond motifs is 2. The number of hydrogen-bond donors (Lipinski definition) is 1. The first kappa shape index (κ1) is 32.0. The van der Waals surface area contributed by atoms with Gasteiger partial charge in [-0.25, -0.2) is 0 Å². The SMILES string of the molecule is C/C=C\CCCC(=O)[O-].C=C/C=C(\C=C/CSc1ccccc1)CNC1CCC2CC1C2(C)C.[Na+]. The maximum absolute atomic E-state index is 9.83. The van der Waals surface area contributed by atoms with Crippen molar-refractivity contribution in [2.75, 3.05) is 12.3 Å². The molecule has 186 valence electrons. The van der Waals surface area contributed by atoms with Gasteiger partial charge in [0.1, 0.15) is 0 Å². The number of hydrogen-bond acceptors (Lipinski definition) is 4. The van der Waals surface area contributed by atoms with Crippen molar-refractivity contribution >= 4 is 17.7 Å². The maximum Gasteiger partial charge on any atom is 1.00 e. The summed E-state index contributed by atoms with van der Waals surface area (Å²) in [6, 6.07) is 11.3. The van der Waals surface area contributed by atoms with E-state index < -0.39 is 5.97 Å². The Morgan fingerprint density at radius 2 is 1.97 bits per heavy atom. The molecule has 3 aliphatic rings. The van der Waals surface area contributed by atoms with Gasteiger partial charge in [0.05, 0.1) is 0 Å². The normalized spacial score (nSPS) is 22.6. The van der Waals surface area contributed by atoms with E-state index in [4.69, 9.17) is 0 Å². The molecule has 3 unspecified atom stereocenters. The molecule has 1 aromatic carbocycles. The number of thioether (sulfide) groups is 1. The van der Waals surface area contributed by atoms with Gasteiger partial charge < -0.3 is 15.2 Å². The van der Waals surface area contributed by atoms with E-state index >= 15 is 0 Å². The number of allylic oxidation sites excluding steroid dienone is 4. The van der Waals surface area contributed by atoms with Gasteiger partial charge >= 0.3 is 29.6 Å². The summed E-state index contributed by atoms with van der Waals surface area (Å²) in [7, 11) is 0. The molecule has 1 aromatic rings. The number of aliphatic carboxylic acids is 1. The molecule has 0 saturated heterocycles. The zero-order chi connectivity index (χ0) is 24.8. The third kappa shape index (κ3) is 11.3. The minimum absolute atomic E-state index is 0. The van der Waals surface area contributed by atoms with Crippen molar-refractivity contribution in [2.45, 2.75) is 70.2 Å². The molecule has 0 aliphatic heterocycles. The summed E-state index contributed by atoms with van der Waals surface area (Å²) in [5.41, 5.74) is 1.86. The monoisotopic (exact) mass is 503 g/mol. The number of carbonyl (C=O) groups is 1. The first-order chi connectivity index (χ1) is 16.4. The Labute approximate surface area is 239 Å². The van der Waals surface area contributed by atoms with Gasteiger partial charge in [-0.2, -0.15) is 0 Å². The summed E-state index contributed by atoms with van der Waals surface area (Å²) < 4.78 is 0. The Hall–Kier alpha value is -1.04. The second-order valence-electron chi connectivity index (χ2n) is 9.76. The molecule has 3 aliphatic carbocycles. The molecule has 3 nitrogen and oxygen atoms in total. The number of carboxylic acid groups (broad SMARTS) is 1. The fourth-order valence-corrected chi connectivity index (χ4v) is 5.75. The van der Waals surface area contributed by atoms with Crippen molar-refractivity contribution in [3.8, 4) is 0 Å². The Morgan fingerprint density at radius 1 is 1.23 bits per heavy atom. The summed E-state index contributed by atoms with van der Waals surface area (Å²) in [4.78, 5) is 11.1. The van der Waals surface area contributed by atoms with Crippen LogP contribution in [0.1, 0.15) is 59.3 Å². The molecule has 0 spiro atoms. The van der Waals surface area contributed by atoms with Gasteiger partial charge in [-0.05, 0) is 80.4 Å². The van der Waals surface area contributed by atoms with E-state index in [0.29, 0.717) is 17.9 Å². The molecule has 0 heterocycles. The van der Waals surface area contributed by atoms with Gasteiger partial charge in [0.2, 0.25) is 0 Å². The summed E-state index contributed by atoms with van der Waals surface area (Å²) in [5.74, 6) is 1.86. The summed E-state index contributed by atoms with van der Waals surface area (Å²) in [6.07, 6.45) is 18.3. The molecule has 4 rings (SSSR count). The maximum atomic E-state index is 9.83. The topological polar surface area (TPSA) is 52.2 Å². The molecule has 5 heteroatoms. The molecule has 0 amide bonds. The summed E-state index contributed by atoms with van der Waals surface area (Å²) in [5, 5.41) is 13.7. The van der Waals surface area contributed by atoms with E-state index in [1.807, 2.05) is 36.9 Å². The van der Waals surface area contributed by atoms with Gasteiger partial charge in [0, 0.05) is 29.2 Å². The molecule has 0 radical (unpaired) electrons. The quantitative estimate of drug-likeness (QED) is 0.156. The van der Waals surface area contributed by atoms with Crippen LogP contribution in [-0.2, 0) is 4.79 Å². The largest absolute Gasteiger partial charge is 1.00 e. The van der Waals surface area contributed by atoms with Crippen molar-refractivity contribution in [3.63, 3.8) is 0 Å². The minimum Gasteiger partial charge on any atom is -0.550 e. The Morgan fingerprint density at radius 3 is 2.57 bits per heavy atom. The average molecular weight is 504 g/mol. The van der Waals surface area contributed by atoms with Crippen LogP contribution in [0.15, 0.2) is 83.8 Å². The van der Waals surface area contributed by atoms with Crippen LogP contribution in [0, 0.1) is 17.3 Å². The molecule has 35 heavy (non-hydrogen) atoms. The first-order valence-corrected chi connectivity index (χ1v) is 13.6. The van der Waals surface area contributed by atoms with Gasteiger partial charge in [0.25, 0.3) is 0 Å². The third-order valence-corrected chi connectivity index (χ3v) is 8.13. The van der Waals surface area contributed by atoms with Gasteiger partial charge in [-0.1, -0.05) is 75.1 Å².